The Labute approximate surface area is 216 Å². The fraction of sp³-hybridized carbons (Fsp3) is 0.333. The third-order valence-electron chi connectivity index (χ3n) is 7.61. The smallest absolute Gasteiger partial charge is 0.325 e. The van der Waals surface area contributed by atoms with Gasteiger partial charge in [-0.2, -0.15) is 0 Å². The predicted octanol–water partition coefficient (Wildman–Crippen LogP) is 5.14. The molecule has 0 radical (unpaired) electrons. The predicted molar refractivity (Wildman–Crippen MR) is 141 cm³/mol. The standard InChI is InChI=1S/C30H31N3O4/c1-3-36-26-13-7-12-24-25-18-30(2,37-27(24)26)33(29(35)32-25)23-11-6-10-21(17-23)28(34)31-22-15-14-19-8-4-5-9-20(19)16-22/h4-13,17,22,25H,3,14-16,18H2,1-2H3,(H,31,34)(H,32,35)/t22-,25?,30-/m1/s1. The summed E-state index contributed by atoms with van der Waals surface area (Å²) in [7, 11) is 0. The molecule has 0 spiro atoms. The fourth-order valence-electron chi connectivity index (χ4n) is 5.90. The Morgan fingerprint density at radius 2 is 1.95 bits per heavy atom. The van der Waals surface area contributed by atoms with Gasteiger partial charge in [0.1, 0.15) is 0 Å². The van der Waals surface area contributed by atoms with Crippen LogP contribution in [0.2, 0.25) is 0 Å². The maximum absolute atomic E-state index is 13.4. The Balaban J connectivity index is 1.25. The second-order valence-corrected chi connectivity index (χ2v) is 10.2. The van der Waals surface area contributed by atoms with E-state index in [4.69, 9.17) is 9.47 Å². The van der Waals surface area contributed by atoms with E-state index in [1.807, 2.05) is 50.2 Å². The van der Waals surface area contributed by atoms with Gasteiger partial charge in [0.2, 0.25) is 0 Å². The van der Waals surface area contributed by atoms with Gasteiger partial charge in [-0.3, -0.25) is 9.69 Å². The van der Waals surface area contributed by atoms with Crippen molar-refractivity contribution in [2.24, 2.45) is 0 Å². The van der Waals surface area contributed by atoms with Crippen LogP contribution in [-0.2, 0) is 12.8 Å². The molecule has 6 rings (SSSR count). The first-order valence-corrected chi connectivity index (χ1v) is 13.0. The third-order valence-corrected chi connectivity index (χ3v) is 7.61. The summed E-state index contributed by atoms with van der Waals surface area (Å²) in [5.41, 5.74) is 3.76. The Morgan fingerprint density at radius 1 is 1.14 bits per heavy atom. The number of nitrogens with zero attached hydrogens (tertiary/aromatic N) is 1. The molecule has 190 valence electrons. The van der Waals surface area contributed by atoms with E-state index in [1.165, 1.54) is 11.1 Å². The number of hydrogen-bond donors (Lipinski definition) is 2. The van der Waals surface area contributed by atoms with Gasteiger partial charge in [-0.05, 0) is 68.5 Å². The summed E-state index contributed by atoms with van der Waals surface area (Å²) in [6.45, 7) is 4.36. The minimum absolute atomic E-state index is 0.0813. The summed E-state index contributed by atoms with van der Waals surface area (Å²) in [5.74, 6) is 1.18. The second-order valence-electron chi connectivity index (χ2n) is 10.2. The largest absolute Gasteiger partial charge is 0.490 e. The molecular formula is C30H31N3O4. The molecule has 3 amide bonds. The van der Waals surface area contributed by atoms with Crippen LogP contribution < -0.4 is 25.0 Å². The van der Waals surface area contributed by atoms with Gasteiger partial charge in [0.15, 0.2) is 17.2 Å². The van der Waals surface area contributed by atoms with E-state index < -0.39 is 5.72 Å². The molecule has 2 bridgehead atoms. The fourth-order valence-corrected chi connectivity index (χ4v) is 5.90. The van der Waals surface area contributed by atoms with Gasteiger partial charge in [-0.25, -0.2) is 4.79 Å². The van der Waals surface area contributed by atoms with E-state index in [-0.39, 0.29) is 24.0 Å². The number of ether oxygens (including phenoxy) is 2. The molecule has 3 aromatic carbocycles. The molecule has 2 N–H and O–H groups in total. The first kappa shape index (κ1) is 23.4. The molecule has 1 saturated heterocycles. The van der Waals surface area contributed by atoms with Crippen LogP contribution >= 0.6 is 0 Å². The van der Waals surface area contributed by atoms with Crippen LogP contribution in [0, 0.1) is 0 Å². The molecule has 1 unspecified atom stereocenters. The maximum Gasteiger partial charge on any atom is 0.325 e. The first-order valence-electron chi connectivity index (χ1n) is 13.0. The van der Waals surface area contributed by atoms with Crippen molar-refractivity contribution in [3.63, 3.8) is 0 Å². The molecule has 37 heavy (non-hydrogen) atoms. The number of nitrogens with one attached hydrogen (secondary N) is 2. The van der Waals surface area contributed by atoms with Crippen molar-refractivity contribution in [2.75, 3.05) is 11.5 Å². The molecule has 0 aromatic heterocycles. The molecule has 3 aromatic rings. The summed E-state index contributed by atoms with van der Waals surface area (Å²) in [6, 6.07) is 21.0. The van der Waals surface area contributed by atoms with Crippen molar-refractivity contribution in [2.45, 2.75) is 57.3 Å². The lowest BCUT2D eigenvalue weighted by Gasteiger charge is -2.50. The average molecular weight is 498 g/mol. The molecule has 2 aliphatic heterocycles. The molecule has 7 nitrogen and oxygen atoms in total. The van der Waals surface area contributed by atoms with Crippen LogP contribution in [0.15, 0.2) is 66.7 Å². The van der Waals surface area contributed by atoms with E-state index in [1.54, 1.807) is 17.0 Å². The molecule has 7 heteroatoms. The topological polar surface area (TPSA) is 79.9 Å². The van der Waals surface area contributed by atoms with Crippen molar-refractivity contribution in [1.29, 1.82) is 0 Å². The van der Waals surface area contributed by atoms with Crippen molar-refractivity contribution >= 4 is 17.6 Å². The second kappa shape index (κ2) is 9.14. The van der Waals surface area contributed by atoms with E-state index in [9.17, 15) is 9.59 Å². The SMILES string of the molecule is CCOc1cccc2c1O[C@]1(C)CC2NC(=O)N1c1cccc(C(=O)N[C@@H]2CCc3ccccc3C2)c1. The number of aryl methyl sites for hydroxylation is 1. The number of rotatable bonds is 5. The van der Waals surface area contributed by atoms with Gasteiger partial charge in [-0.1, -0.05) is 42.5 Å². The van der Waals surface area contributed by atoms with E-state index in [0.717, 1.165) is 24.8 Å². The summed E-state index contributed by atoms with van der Waals surface area (Å²) < 4.78 is 12.3. The number of carbonyl (C=O) groups is 2. The van der Waals surface area contributed by atoms with Gasteiger partial charge in [0.25, 0.3) is 5.91 Å². The van der Waals surface area contributed by atoms with Crippen molar-refractivity contribution in [3.05, 3.63) is 89.0 Å². The highest BCUT2D eigenvalue weighted by molar-refractivity contribution is 5.99. The molecule has 1 fully saturated rings. The lowest BCUT2D eigenvalue weighted by Crippen LogP contribution is -2.65. The normalized spacial score (nSPS) is 23.7. The van der Waals surface area contributed by atoms with E-state index in [2.05, 4.69) is 28.8 Å². The molecule has 0 saturated carbocycles. The quantitative estimate of drug-likeness (QED) is 0.512. The van der Waals surface area contributed by atoms with Gasteiger partial charge < -0.3 is 20.1 Å². The lowest BCUT2D eigenvalue weighted by atomic mass is 9.88. The molecule has 1 aliphatic carbocycles. The first-order chi connectivity index (χ1) is 17.9. The van der Waals surface area contributed by atoms with Gasteiger partial charge >= 0.3 is 6.03 Å². The number of amides is 3. The highest BCUT2D eigenvalue weighted by atomic mass is 16.5. The van der Waals surface area contributed by atoms with Crippen LogP contribution in [0.1, 0.15) is 59.8 Å². The number of hydrogen-bond acceptors (Lipinski definition) is 4. The van der Waals surface area contributed by atoms with Crippen LogP contribution in [0.5, 0.6) is 11.5 Å². The molecule has 3 aliphatic rings. The molecule has 2 heterocycles. The summed E-state index contributed by atoms with van der Waals surface area (Å²) in [6.07, 6.45) is 3.26. The van der Waals surface area contributed by atoms with Gasteiger partial charge in [0.05, 0.1) is 18.3 Å². The van der Waals surface area contributed by atoms with E-state index in [0.29, 0.717) is 35.8 Å². The molecule has 3 atom stereocenters. The third kappa shape index (κ3) is 4.18. The van der Waals surface area contributed by atoms with Crippen LogP contribution in [0.25, 0.3) is 0 Å². The lowest BCUT2D eigenvalue weighted by molar-refractivity contribution is 0.0343. The average Bonchev–Trinajstić information content (AvgIpc) is 2.89. The Hall–Kier alpha value is -4.00. The molecular weight excluding hydrogens is 466 g/mol. The number of para-hydroxylation sites is 1. The van der Waals surface area contributed by atoms with Crippen LogP contribution in [0.4, 0.5) is 10.5 Å². The zero-order valence-corrected chi connectivity index (χ0v) is 21.1. The van der Waals surface area contributed by atoms with Crippen LogP contribution in [-0.4, -0.2) is 30.3 Å². The number of fused-ring (bicyclic) bond motifs is 5. The van der Waals surface area contributed by atoms with Crippen molar-refractivity contribution in [1.82, 2.24) is 10.6 Å². The Bertz CT molecular complexity index is 1370. The van der Waals surface area contributed by atoms with Crippen LogP contribution in [0.3, 0.4) is 0 Å². The summed E-state index contributed by atoms with van der Waals surface area (Å²) >= 11 is 0. The number of urea groups is 1. The highest BCUT2D eigenvalue weighted by Gasteiger charge is 2.50. The minimum atomic E-state index is -0.935. The number of anilines is 1. The summed E-state index contributed by atoms with van der Waals surface area (Å²) in [5, 5.41) is 6.32. The minimum Gasteiger partial charge on any atom is -0.490 e. The highest BCUT2D eigenvalue weighted by Crippen LogP contribution is 2.49. The number of carbonyl (C=O) groups excluding carboxylic acids is 2. The zero-order valence-electron chi connectivity index (χ0n) is 21.1. The van der Waals surface area contributed by atoms with Gasteiger partial charge in [0, 0.05) is 23.6 Å². The monoisotopic (exact) mass is 497 g/mol. The van der Waals surface area contributed by atoms with Gasteiger partial charge in [-0.15, -0.1) is 0 Å². The van der Waals surface area contributed by atoms with Crippen molar-refractivity contribution < 1.29 is 19.1 Å². The Morgan fingerprint density at radius 3 is 2.78 bits per heavy atom. The summed E-state index contributed by atoms with van der Waals surface area (Å²) in [4.78, 5) is 28.2. The van der Waals surface area contributed by atoms with Crippen molar-refractivity contribution in [3.8, 4) is 11.5 Å². The Kier molecular flexibility index (Phi) is 5.78. The maximum atomic E-state index is 13.4. The number of benzene rings is 3. The zero-order chi connectivity index (χ0) is 25.6. The van der Waals surface area contributed by atoms with E-state index >= 15 is 0 Å².